The highest BCUT2D eigenvalue weighted by Gasteiger charge is 2.25. The molecule has 1 aromatic carbocycles. The van der Waals surface area contributed by atoms with Gasteiger partial charge in [-0.15, -0.1) is 0 Å². The van der Waals surface area contributed by atoms with Gasteiger partial charge in [0.25, 0.3) is 0 Å². The molecule has 0 atom stereocenters. The van der Waals surface area contributed by atoms with Crippen LogP contribution in [0, 0.1) is 5.82 Å². The van der Waals surface area contributed by atoms with E-state index in [2.05, 4.69) is 0 Å². The molecule has 0 heterocycles. The zero-order chi connectivity index (χ0) is 14.3. The van der Waals surface area contributed by atoms with Crippen LogP contribution in [0.1, 0.15) is 18.4 Å². The molecule has 0 bridgehead atoms. The van der Waals surface area contributed by atoms with E-state index in [4.69, 9.17) is 4.74 Å². The third kappa shape index (κ3) is 7.56. The quantitative estimate of drug-likeness (QED) is 0.565. The Hall–Kier alpha value is -1.43. The summed E-state index contributed by atoms with van der Waals surface area (Å²) in [7, 11) is 0. The number of hydrogen-bond donors (Lipinski definition) is 0. The fourth-order valence-corrected chi connectivity index (χ4v) is 1.44. The van der Waals surface area contributed by atoms with E-state index in [0.717, 1.165) is 0 Å². The first-order chi connectivity index (χ1) is 8.87. The molecule has 0 amide bonds. The van der Waals surface area contributed by atoms with Crippen molar-refractivity contribution in [2.75, 3.05) is 13.2 Å². The van der Waals surface area contributed by atoms with E-state index in [9.17, 15) is 22.4 Å². The van der Waals surface area contributed by atoms with Crippen molar-refractivity contribution in [1.82, 2.24) is 0 Å². The van der Waals surface area contributed by atoms with Crippen LogP contribution in [0.15, 0.2) is 24.3 Å². The molecule has 0 unspecified atom stereocenters. The molecule has 1 rings (SSSR count). The Kier molecular flexibility index (Phi) is 5.95. The number of alkyl halides is 3. The molecule has 2 nitrogen and oxygen atoms in total. The molecular weight excluding hydrogens is 264 g/mol. The number of ether oxygens (including phenoxy) is 1. The first-order valence-corrected chi connectivity index (χ1v) is 5.77. The van der Waals surface area contributed by atoms with E-state index in [0.29, 0.717) is 5.56 Å². The van der Waals surface area contributed by atoms with E-state index in [1.54, 1.807) is 0 Å². The van der Waals surface area contributed by atoms with Gasteiger partial charge in [-0.05, 0) is 24.1 Å². The van der Waals surface area contributed by atoms with Gasteiger partial charge >= 0.3 is 6.18 Å². The number of halogens is 4. The van der Waals surface area contributed by atoms with Crippen molar-refractivity contribution < 1.29 is 27.1 Å². The van der Waals surface area contributed by atoms with Crippen molar-refractivity contribution in [1.29, 1.82) is 0 Å². The normalized spacial score (nSPS) is 11.6. The van der Waals surface area contributed by atoms with Crippen LogP contribution < -0.4 is 0 Å². The summed E-state index contributed by atoms with van der Waals surface area (Å²) in [4.78, 5) is 11.4. The lowest BCUT2D eigenvalue weighted by molar-refractivity contribution is -0.138. The van der Waals surface area contributed by atoms with Gasteiger partial charge in [0.2, 0.25) is 0 Å². The second kappa shape index (κ2) is 7.23. The van der Waals surface area contributed by atoms with Crippen molar-refractivity contribution in [3.63, 3.8) is 0 Å². The monoisotopic (exact) mass is 278 g/mol. The zero-order valence-electron chi connectivity index (χ0n) is 10.2. The minimum Gasteiger partial charge on any atom is -0.374 e. The van der Waals surface area contributed by atoms with Crippen molar-refractivity contribution in [3.05, 3.63) is 35.6 Å². The molecule has 0 aliphatic carbocycles. The summed E-state index contributed by atoms with van der Waals surface area (Å²) in [6, 6.07) is 5.45. The average molecular weight is 278 g/mol. The van der Waals surface area contributed by atoms with Crippen molar-refractivity contribution in [2.24, 2.45) is 0 Å². The van der Waals surface area contributed by atoms with E-state index in [-0.39, 0.29) is 37.7 Å². The topological polar surface area (TPSA) is 26.3 Å². The Morgan fingerprint density at radius 3 is 2.37 bits per heavy atom. The fraction of sp³-hybridized carbons (Fsp3) is 0.462. The second-order valence-electron chi connectivity index (χ2n) is 4.11. The molecule has 1 aromatic rings. The summed E-state index contributed by atoms with van der Waals surface area (Å²) in [5.41, 5.74) is 0.644. The van der Waals surface area contributed by atoms with Crippen LogP contribution in [0.3, 0.4) is 0 Å². The van der Waals surface area contributed by atoms with E-state index in [1.165, 1.54) is 24.3 Å². The SMILES string of the molecule is O=C(COCCCC(F)(F)F)Cc1ccc(F)cc1. The molecule has 19 heavy (non-hydrogen) atoms. The van der Waals surface area contributed by atoms with Gasteiger partial charge in [-0.25, -0.2) is 4.39 Å². The lowest BCUT2D eigenvalue weighted by Gasteiger charge is -2.06. The second-order valence-corrected chi connectivity index (χ2v) is 4.11. The molecule has 0 aliphatic heterocycles. The highest BCUT2D eigenvalue weighted by atomic mass is 19.4. The fourth-order valence-electron chi connectivity index (χ4n) is 1.44. The summed E-state index contributed by atoms with van der Waals surface area (Å²) in [5.74, 6) is -0.641. The number of ketones is 1. The van der Waals surface area contributed by atoms with Gasteiger partial charge in [-0.3, -0.25) is 4.79 Å². The Labute approximate surface area is 108 Å². The minimum absolute atomic E-state index is 0.0829. The number of Topliss-reactive ketones (excluding diaryl/α,β-unsaturated/α-hetero) is 1. The maximum Gasteiger partial charge on any atom is 0.389 e. The van der Waals surface area contributed by atoms with Gasteiger partial charge in [-0.2, -0.15) is 13.2 Å². The van der Waals surface area contributed by atoms with Gasteiger partial charge < -0.3 is 4.74 Å². The van der Waals surface area contributed by atoms with Crippen LogP contribution in [0.5, 0.6) is 0 Å². The Morgan fingerprint density at radius 2 is 1.79 bits per heavy atom. The van der Waals surface area contributed by atoms with Gasteiger partial charge in [0.1, 0.15) is 12.4 Å². The maximum absolute atomic E-state index is 12.6. The predicted molar refractivity (Wildman–Crippen MR) is 61.2 cm³/mol. The zero-order valence-corrected chi connectivity index (χ0v) is 10.2. The van der Waals surface area contributed by atoms with Crippen LogP contribution in [0.25, 0.3) is 0 Å². The van der Waals surface area contributed by atoms with Gasteiger partial charge in [-0.1, -0.05) is 12.1 Å². The van der Waals surface area contributed by atoms with Crippen LogP contribution >= 0.6 is 0 Å². The Balaban J connectivity index is 2.16. The summed E-state index contributed by atoms with van der Waals surface area (Å²) in [5, 5.41) is 0. The summed E-state index contributed by atoms with van der Waals surface area (Å²) in [6.45, 7) is -0.329. The largest absolute Gasteiger partial charge is 0.389 e. The summed E-state index contributed by atoms with van der Waals surface area (Å²) >= 11 is 0. The van der Waals surface area contributed by atoms with Gasteiger partial charge in [0, 0.05) is 19.4 Å². The number of carbonyl (C=O) groups excluding carboxylic acids is 1. The lowest BCUT2D eigenvalue weighted by atomic mass is 10.1. The molecule has 106 valence electrons. The Morgan fingerprint density at radius 1 is 1.16 bits per heavy atom. The van der Waals surface area contributed by atoms with Crippen LogP contribution in [0.2, 0.25) is 0 Å². The average Bonchev–Trinajstić information content (AvgIpc) is 2.30. The minimum atomic E-state index is -4.19. The number of carbonyl (C=O) groups is 1. The molecule has 0 saturated heterocycles. The molecular formula is C13H14F4O2. The molecule has 6 heteroatoms. The van der Waals surface area contributed by atoms with Crippen molar-refractivity contribution in [3.8, 4) is 0 Å². The predicted octanol–water partition coefficient (Wildman–Crippen LogP) is 3.30. The molecule has 0 saturated carbocycles. The Bertz CT molecular complexity index is 398. The van der Waals surface area contributed by atoms with Crippen molar-refractivity contribution in [2.45, 2.75) is 25.4 Å². The van der Waals surface area contributed by atoms with E-state index >= 15 is 0 Å². The smallest absolute Gasteiger partial charge is 0.374 e. The summed E-state index contributed by atoms with van der Waals surface area (Å²) in [6.07, 6.45) is -5.19. The first kappa shape index (κ1) is 15.6. The van der Waals surface area contributed by atoms with Crippen molar-refractivity contribution >= 4 is 5.78 Å². The van der Waals surface area contributed by atoms with Gasteiger partial charge in [0.05, 0.1) is 0 Å². The highest BCUT2D eigenvalue weighted by Crippen LogP contribution is 2.20. The van der Waals surface area contributed by atoms with Gasteiger partial charge in [0.15, 0.2) is 5.78 Å². The third-order valence-electron chi connectivity index (χ3n) is 2.33. The number of benzene rings is 1. The molecule has 0 aliphatic rings. The van der Waals surface area contributed by atoms with E-state index in [1.807, 2.05) is 0 Å². The number of hydrogen-bond acceptors (Lipinski definition) is 2. The highest BCUT2D eigenvalue weighted by molar-refractivity contribution is 5.82. The number of rotatable bonds is 7. The molecule has 0 radical (unpaired) electrons. The molecule has 0 fully saturated rings. The lowest BCUT2D eigenvalue weighted by Crippen LogP contribution is -2.14. The standard InChI is InChI=1S/C13H14F4O2/c14-11-4-2-10(3-5-11)8-12(18)9-19-7-1-6-13(15,16)17/h2-5H,1,6-9H2. The molecule has 0 N–H and O–H groups in total. The van der Waals surface area contributed by atoms with Crippen LogP contribution in [-0.4, -0.2) is 25.2 Å². The van der Waals surface area contributed by atoms with Crippen LogP contribution in [-0.2, 0) is 16.0 Å². The third-order valence-corrected chi connectivity index (χ3v) is 2.33. The first-order valence-electron chi connectivity index (χ1n) is 5.77. The molecule has 0 spiro atoms. The summed E-state index contributed by atoms with van der Waals surface area (Å²) < 4.78 is 52.9. The molecule has 0 aromatic heterocycles. The maximum atomic E-state index is 12.6. The van der Waals surface area contributed by atoms with Crippen LogP contribution in [0.4, 0.5) is 17.6 Å². The van der Waals surface area contributed by atoms with E-state index < -0.39 is 12.6 Å².